The molecular weight excluding hydrogens is 274 g/mol. The molecule has 0 aromatic heterocycles. The second kappa shape index (κ2) is 6.06. The molecule has 0 aliphatic heterocycles. The van der Waals surface area contributed by atoms with Crippen LogP contribution in [-0.2, 0) is 9.82 Å². The summed E-state index contributed by atoms with van der Waals surface area (Å²) in [6.45, 7) is 0. The molecule has 104 valence electrons. The average molecular weight is 292 g/mol. The first-order valence-corrected chi connectivity index (χ1v) is 8.56. The summed E-state index contributed by atoms with van der Waals surface area (Å²) in [6.07, 6.45) is 0. The summed E-state index contributed by atoms with van der Waals surface area (Å²) in [6, 6.07) is 31.8. The molecule has 0 fully saturated rings. The van der Waals surface area contributed by atoms with E-state index in [9.17, 15) is 0 Å². The first kappa shape index (κ1) is 13.8. The van der Waals surface area contributed by atoms with Crippen LogP contribution in [0.4, 0.5) is 0 Å². The Morgan fingerprint density at radius 2 is 0.810 bits per heavy atom. The van der Waals surface area contributed by atoms with Gasteiger partial charge in [-0.1, -0.05) is 54.6 Å². The Balaban J connectivity index is 2.35. The van der Waals surface area contributed by atoms with Crippen LogP contribution in [0.1, 0.15) is 0 Å². The van der Waals surface area contributed by atoms with Gasteiger partial charge in [0, 0.05) is 0 Å². The summed E-state index contributed by atoms with van der Waals surface area (Å²) in [4.78, 5) is 3.81. The maximum atomic E-state index is 4.91. The van der Waals surface area contributed by atoms with Gasteiger partial charge in [-0.25, -0.2) is 0 Å². The molecule has 21 heavy (non-hydrogen) atoms. The van der Waals surface area contributed by atoms with Gasteiger partial charge in [-0.05, 0) is 36.4 Å². The summed E-state index contributed by atoms with van der Waals surface area (Å²) in [7, 11) is 0.387. The van der Waals surface area contributed by atoms with Crippen LogP contribution in [-0.4, -0.2) is 7.05 Å². The smallest absolute Gasteiger partial charge is 0.130 e. The molecule has 0 N–H and O–H groups in total. The van der Waals surface area contributed by atoms with Gasteiger partial charge in [-0.3, -0.25) is 0 Å². The second-order valence-electron chi connectivity index (χ2n) is 4.70. The van der Waals surface area contributed by atoms with Gasteiger partial charge in [0.1, 0.15) is 14.7 Å². The Morgan fingerprint density at radius 1 is 0.524 bits per heavy atom. The SMILES string of the molecule is CN=[S+](c1ccccc1)(c1ccccc1)c1ccccc1. The van der Waals surface area contributed by atoms with E-state index in [1.807, 2.05) is 7.05 Å². The molecule has 3 rings (SSSR count). The van der Waals surface area contributed by atoms with Gasteiger partial charge in [-0.2, -0.15) is 0 Å². The predicted octanol–water partition coefficient (Wildman–Crippen LogP) is 5.13. The fourth-order valence-corrected chi connectivity index (χ4v) is 5.68. The van der Waals surface area contributed by atoms with Crippen molar-refractivity contribution < 1.29 is 0 Å². The van der Waals surface area contributed by atoms with Gasteiger partial charge in [0.05, 0.1) is 16.9 Å². The third kappa shape index (κ3) is 2.43. The van der Waals surface area contributed by atoms with Crippen LogP contribution in [0.3, 0.4) is 0 Å². The Morgan fingerprint density at radius 3 is 1.05 bits per heavy atom. The minimum atomic E-state index is -1.55. The molecule has 0 saturated carbocycles. The molecule has 0 spiro atoms. The summed E-state index contributed by atoms with van der Waals surface area (Å²) >= 11 is 0. The van der Waals surface area contributed by atoms with E-state index in [1.165, 1.54) is 14.7 Å². The summed E-state index contributed by atoms with van der Waals surface area (Å²) in [5.74, 6) is 0. The summed E-state index contributed by atoms with van der Waals surface area (Å²) in [5.41, 5.74) is 0. The maximum Gasteiger partial charge on any atom is 0.149 e. The Hall–Kier alpha value is -2.19. The lowest BCUT2D eigenvalue weighted by Gasteiger charge is -2.18. The molecular formula is C19H18NS+. The highest BCUT2D eigenvalue weighted by atomic mass is 32.2. The van der Waals surface area contributed by atoms with E-state index < -0.39 is 9.82 Å². The number of benzene rings is 3. The van der Waals surface area contributed by atoms with Crippen LogP contribution in [0.2, 0.25) is 0 Å². The largest absolute Gasteiger partial charge is 0.149 e. The van der Waals surface area contributed by atoms with E-state index in [4.69, 9.17) is 4.36 Å². The van der Waals surface area contributed by atoms with E-state index in [0.29, 0.717) is 0 Å². The van der Waals surface area contributed by atoms with Crippen molar-refractivity contribution >= 4 is 9.82 Å². The average Bonchev–Trinajstić information content (AvgIpc) is 2.59. The van der Waals surface area contributed by atoms with E-state index in [0.717, 1.165) is 0 Å². The second-order valence-corrected chi connectivity index (χ2v) is 7.64. The third-order valence-electron chi connectivity index (χ3n) is 3.53. The summed E-state index contributed by atoms with van der Waals surface area (Å²) < 4.78 is 4.91. The maximum absolute atomic E-state index is 4.91. The van der Waals surface area contributed by atoms with Gasteiger partial charge < -0.3 is 0 Å². The van der Waals surface area contributed by atoms with Crippen LogP contribution in [0, 0.1) is 0 Å². The number of nitrogens with zero attached hydrogens (tertiary/aromatic N) is 1. The zero-order chi connectivity index (χ0) is 14.5. The van der Waals surface area contributed by atoms with Crippen molar-refractivity contribution in [2.75, 3.05) is 7.05 Å². The molecule has 0 aliphatic rings. The van der Waals surface area contributed by atoms with Crippen molar-refractivity contribution in [2.45, 2.75) is 14.7 Å². The minimum Gasteiger partial charge on any atom is -0.130 e. The molecule has 0 bridgehead atoms. The molecule has 0 aliphatic carbocycles. The lowest BCUT2D eigenvalue weighted by Crippen LogP contribution is -2.13. The van der Waals surface area contributed by atoms with Gasteiger partial charge >= 0.3 is 0 Å². The van der Waals surface area contributed by atoms with Crippen LogP contribution < -0.4 is 0 Å². The minimum absolute atomic E-state index is 1.27. The first-order valence-electron chi connectivity index (χ1n) is 6.97. The molecule has 0 radical (unpaired) electrons. The van der Waals surface area contributed by atoms with Gasteiger partial charge in [-0.15, -0.1) is 4.36 Å². The fourth-order valence-electron chi connectivity index (χ4n) is 2.58. The van der Waals surface area contributed by atoms with Gasteiger partial charge in [0.25, 0.3) is 0 Å². The van der Waals surface area contributed by atoms with Gasteiger partial charge in [0.15, 0.2) is 0 Å². The third-order valence-corrected chi connectivity index (χ3v) is 6.94. The normalized spacial score (nSPS) is 11.1. The Kier molecular flexibility index (Phi) is 3.98. The standard InChI is InChI=1S/C19H18NS/c1-20-21(17-11-5-2-6-12-17,18-13-7-3-8-14-18)19-15-9-4-10-16-19/h2-16H,1H3/q+1. The highest BCUT2D eigenvalue weighted by Crippen LogP contribution is 2.38. The molecule has 2 heteroatoms. The van der Waals surface area contributed by atoms with E-state index >= 15 is 0 Å². The fraction of sp³-hybridized carbons (Fsp3) is 0.0526. The van der Waals surface area contributed by atoms with Crippen molar-refractivity contribution in [2.24, 2.45) is 4.36 Å². The van der Waals surface area contributed by atoms with E-state index in [-0.39, 0.29) is 0 Å². The van der Waals surface area contributed by atoms with Crippen LogP contribution in [0.25, 0.3) is 0 Å². The highest BCUT2D eigenvalue weighted by Gasteiger charge is 2.33. The molecule has 3 aromatic carbocycles. The monoisotopic (exact) mass is 292 g/mol. The van der Waals surface area contributed by atoms with E-state index in [1.54, 1.807) is 0 Å². The van der Waals surface area contributed by atoms with Crippen LogP contribution >= 0.6 is 0 Å². The molecule has 0 saturated heterocycles. The van der Waals surface area contributed by atoms with Crippen molar-refractivity contribution in [3.8, 4) is 0 Å². The number of hydrogen-bond donors (Lipinski definition) is 0. The van der Waals surface area contributed by atoms with Crippen molar-refractivity contribution in [1.82, 2.24) is 0 Å². The topological polar surface area (TPSA) is 12.4 Å². The highest BCUT2D eigenvalue weighted by molar-refractivity contribution is 8.05. The number of rotatable bonds is 3. The Labute approximate surface area is 127 Å². The molecule has 0 atom stereocenters. The lowest BCUT2D eigenvalue weighted by molar-refractivity contribution is 1.26. The van der Waals surface area contributed by atoms with Crippen LogP contribution in [0.5, 0.6) is 0 Å². The Bertz CT molecular complexity index is 646. The molecule has 0 amide bonds. The van der Waals surface area contributed by atoms with Crippen molar-refractivity contribution in [3.05, 3.63) is 91.0 Å². The quantitative estimate of drug-likeness (QED) is 0.593. The molecule has 0 heterocycles. The molecule has 0 unspecified atom stereocenters. The van der Waals surface area contributed by atoms with Crippen LogP contribution in [0.15, 0.2) is 110 Å². The van der Waals surface area contributed by atoms with Crippen molar-refractivity contribution in [1.29, 1.82) is 0 Å². The number of hydrogen-bond acceptors (Lipinski definition) is 1. The lowest BCUT2D eigenvalue weighted by atomic mass is 10.4. The predicted molar refractivity (Wildman–Crippen MR) is 89.8 cm³/mol. The summed E-state index contributed by atoms with van der Waals surface area (Å²) in [5, 5.41) is 0. The van der Waals surface area contributed by atoms with Crippen molar-refractivity contribution in [3.63, 3.8) is 0 Å². The zero-order valence-corrected chi connectivity index (χ0v) is 12.8. The molecule has 3 aromatic rings. The molecule has 1 nitrogen and oxygen atoms in total. The van der Waals surface area contributed by atoms with E-state index in [2.05, 4.69) is 91.0 Å². The zero-order valence-electron chi connectivity index (χ0n) is 12.0. The van der Waals surface area contributed by atoms with Gasteiger partial charge in [0.2, 0.25) is 0 Å². The first-order chi connectivity index (χ1) is 10.4.